The van der Waals surface area contributed by atoms with Gasteiger partial charge in [-0.2, -0.15) is 11.3 Å². The summed E-state index contributed by atoms with van der Waals surface area (Å²) >= 11 is 1.68. The van der Waals surface area contributed by atoms with E-state index in [0.717, 1.165) is 25.1 Å². The molecule has 0 spiro atoms. The molecule has 23 heavy (non-hydrogen) atoms. The third-order valence-corrected chi connectivity index (χ3v) is 4.59. The number of amides is 2. The molecule has 0 saturated carbocycles. The largest absolute Gasteiger partial charge is 0.487 e. The van der Waals surface area contributed by atoms with Crippen LogP contribution < -0.4 is 10.1 Å². The van der Waals surface area contributed by atoms with Crippen molar-refractivity contribution in [3.8, 4) is 5.75 Å². The van der Waals surface area contributed by atoms with Gasteiger partial charge in [-0.25, -0.2) is 4.79 Å². The molecule has 0 radical (unpaired) electrons. The number of nitrogens with one attached hydrogen (secondary N) is 1. The topological polar surface area (TPSA) is 54.5 Å². The van der Waals surface area contributed by atoms with Crippen molar-refractivity contribution in [2.45, 2.75) is 31.9 Å². The molecule has 1 aliphatic rings. The fraction of sp³-hybridized carbons (Fsp3) is 0.412. The second kappa shape index (κ2) is 7.46. The van der Waals surface area contributed by atoms with Gasteiger partial charge in [0.15, 0.2) is 0 Å². The number of carbonyl (C=O) groups is 1. The van der Waals surface area contributed by atoms with E-state index < -0.39 is 0 Å². The zero-order valence-corrected chi connectivity index (χ0v) is 14.0. The van der Waals surface area contributed by atoms with Crippen molar-refractivity contribution in [3.05, 3.63) is 46.9 Å². The summed E-state index contributed by atoms with van der Waals surface area (Å²) in [6.07, 6.45) is 5.17. The molecule has 2 aromatic heterocycles. The van der Waals surface area contributed by atoms with Crippen LogP contribution in [0.2, 0.25) is 0 Å². The summed E-state index contributed by atoms with van der Waals surface area (Å²) < 4.78 is 5.86. The first kappa shape index (κ1) is 15.8. The van der Waals surface area contributed by atoms with Crippen LogP contribution >= 0.6 is 11.3 Å². The van der Waals surface area contributed by atoms with Gasteiger partial charge in [0.25, 0.3) is 0 Å². The number of hydrogen-bond donors (Lipinski definition) is 1. The highest BCUT2D eigenvalue weighted by Gasteiger charge is 2.28. The van der Waals surface area contributed by atoms with Crippen molar-refractivity contribution in [1.29, 1.82) is 0 Å². The van der Waals surface area contributed by atoms with E-state index in [1.54, 1.807) is 23.7 Å². The van der Waals surface area contributed by atoms with Crippen LogP contribution in [0.1, 0.15) is 18.9 Å². The normalized spacial score (nSPS) is 18.7. The Labute approximate surface area is 140 Å². The number of rotatable bonds is 5. The van der Waals surface area contributed by atoms with Crippen LogP contribution in [0.3, 0.4) is 0 Å². The minimum absolute atomic E-state index is 0.00924. The van der Waals surface area contributed by atoms with Crippen molar-refractivity contribution in [2.24, 2.45) is 0 Å². The lowest BCUT2D eigenvalue weighted by molar-refractivity contribution is 0.184. The Morgan fingerprint density at radius 2 is 2.48 bits per heavy atom. The van der Waals surface area contributed by atoms with Crippen molar-refractivity contribution in [1.82, 2.24) is 15.2 Å². The van der Waals surface area contributed by atoms with Crippen LogP contribution in [0.25, 0.3) is 0 Å². The van der Waals surface area contributed by atoms with Crippen LogP contribution in [-0.2, 0) is 6.42 Å². The second-order valence-electron chi connectivity index (χ2n) is 5.85. The van der Waals surface area contributed by atoms with E-state index >= 15 is 0 Å². The van der Waals surface area contributed by atoms with Gasteiger partial charge in [-0.1, -0.05) is 0 Å². The lowest BCUT2D eigenvalue weighted by Crippen LogP contribution is -2.44. The van der Waals surface area contributed by atoms with E-state index in [2.05, 4.69) is 27.1 Å². The SMILES string of the molecule is C[C@H](Cc1ccsc1)NC(=O)N1CC[C@@H](Oc2cccnc2)C1. The van der Waals surface area contributed by atoms with Crippen LogP contribution in [0.4, 0.5) is 4.79 Å². The van der Waals surface area contributed by atoms with E-state index in [-0.39, 0.29) is 18.2 Å². The van der Waals surface area contributed by atoms with E-state index in [4.69, 9.17) is 4.74 Å². The number of carbonyl (C=O) groups excluding carboxylic acids is 1. The Bertz CT molecular complexity index is 618. The monoisotopic (exact) mass is 331 g/mol. The van der Waals surface area contributed by atoms with Crippen LogP contribution in [-0.4, -0.2) is 41.2 Å². The lowest BCUT2D eigenvalue weighted by Gasteiger charge is -2.21. The summed E-state index contributed by atoms with van der Waals surface area (Å²) in [4.78, 5) is 18.2. The van der Waals surface area contributed by atoms with Crippen molar-refractivity contribution in [3.63, 3.8) is 0 Å². The number of likely N-dealkylation sites (tertiary alicyclic amines) is 1. The van der Waals surface area contributed by atoms with E-state index in [9.17, 15) is 4.79 Å². The molecule has 0 aromatic carbocycles. The van der Waals surface area contributed by atoms with E-state index in [0.29, 0.717) is 6.54 Å². The van der Waals surface area contributed by atoms with Gasteiger partial charge in [0, 0.05) is 25.2 Å². The molecule has 1 fully saturated rings. The molecule has 5 nitrogen and oxygen atoms in total. The average molecular weight is 331 g/mol. The number of thiophene rings is 1. The first-order valence-corrected chi connectivity index (χ1v) is 8.78. The number of aromatic nitrogens is 1. The fourth-order valence-corrected chi connectivity index (χ4v) is 3.42. The zero-order valence-electron chi connectivity index (χ0n) is 13.1. The maximum Gasteiger partial charge on any atom is 0.317 e. The van der Waals surface area contributed by atoms with Gasteiger partial charge < -0.3 is 15.0 Å². The van der Waals surface area contributed by atoms with Crippen LogP contribution in [0.15, 0.2) is 41.4 Å². The molecule has 2 atom stereocenters. The maximum absolute atomic E-state index is 12.3. The predicted octanol–water partition coefficient (Wildman–Crippen LogP) is 2.94. The summed E-state index contributed by atoms with van der Waals surface area (Å²) in [6, 6.07) is 5.95. The number of ether oxygens (including phenoxy) is 1. The Hall–Kier alpha value is -2.08. The molecule has 1 saturated heterocycles. The molecule has 3 heterocycles. The Balaban J connectivity index is 1.45. The molecular formula is C17H21N3O2S. The Kier molecular flexibility index (Phi) is 5.12. The summed E-state index contributed by atoms with van der Waals surface area (Å²) in [5.41, 5.74) is 1.27. The highest BCUT2D eigenvalue weighted by molar-refractivity contribution is 7.07. The van der Waals surface area contributed by atoms with Crippen molar-refractivity contribution < 1.29 is 9.53 Å². The molecule has 122 valence electrons. The van der Waals surface area contributed by atoms with Crippen LogP contribution in [0.5, 0.6) is 5.75 Å². The average Bonchev–Trinajstić information content (AvgIpc) is 3.20. The third-order valence-electron chi connectivity index (χ3n) is 3.86. The van der Waals surface area contributed by atoms with Crippen LogP contribution in [0, 0.1) is 0 Å². The molecule has 1 aliphatic heterocycles. The summed E-state index contributed by atoms with van der Waals surface area (Å²) in [5.74, 6) is 0.755. The molecule has 2 amide bonds. The molecule has 0 aliphatic carbocycles. The summed E-state index contributed by atoms with van der Waals surface area (Å²) in [7, 11) is 0. The second-order valence-corrected chi connectivity index (χ2v) is 6.63. The molecule has 3 rings (SSSR count). The van der Waals surface area contributed by atoms with E-state index in [1.165, 1.54) is 5.56 Å². The molecule has 1 N–H and O–H groups in total. The maximum atomic E-state index is 12.3. The third kappa shape index (κ3) is 4.45. The smallest absolute Gasteiger partial charge is 0.317 e. The standard InChI is InChI=1S/C17H21N3O2S/c1-13(9-14-5-8-23-12-14)19-17(21)20-7-4-16(11-20)22-15-3-2-6-18-10-15/h2-3,5-6,8,10,12-13,16H,4,7,9,11H2,1H3,(H,19,21)/t13-,16-/m1/s1. The zero-order chi connectivity index (χ0) is 16.1. The van der Waals surface area contributed by atoms with Gasteiger partial charge in [0.2, 0.25) is 0 Å². The van der Waals surface area contributed by atoms with Gasteiger partial charge >= 0.3 is 6.03 Å². The molecule has 2 aromatic rings. The number of urea groups is 1. The Morgan fingerprint density at radius 1 is 1.57 bits per heavy atom. The van der Waals surface area contributed by atoms with E-state index in [1.807, 2.05) is 24.0 Å². The summed E-state index contributed by atoms with van der Waals surface area (Å²) in [5, 5.41) is 7.25. The van der Waals surface area contributed by atoms with Gasteiger partial charge in [-0.3, -0.25) is 4.98 Å². The number of nitrogens with zero attached hydrogens (tertiary/aromatic N) is 2. The first-order chi connectivity index (χ1) is 11.2. The van der Waals surface area contributed by atoms with Crippen molar-refractivity contribution >= 4 is 17.4 Å². The number of pyridine rings is 1. The molecule has 6 heteroatoms. The lowest BCUT2D eigenvalue weighted by atomic mass is 10.1. The fourth-order valence-electron chi connectivity index (χ4n) is 2.73. The highest BCUT2D eigenvalue weighted by atomic mass is 32.1. The molecule has 0 unspecified atom stereocenters. The highest BCUT2D eigenvalue weighted by Crippen LogP contribution is 2.17. The minimum Gasteiger partial charge on any atom is -0.487 e. The van der Waals surface area contributed by atoms with Crippen molar-refractivity contribution in [2.75, 3.05) is 13.1 Å². The molecular weight excluding hydrogens is 310 g/mol. The van der Waals surface area contributed by atoms with Gasteiger partial charge in [0.05, 0.1) is 12.7 Å². The van der Waals surface area contributed by atoms with Gasteiger partial charge in [-0.05, 0) is 47.9 Å². The number of hydrogen-bond acceptors (Lipinski definition) is 4. The minimum atomic E-state index is -0.00924. The Morgan fingerprint density at radius 3 is 3.22 bits per heavy atom. The molecule has 0 bridgehead atoms. The summed E-state index contributed by atoms with van der Waals surface area (Å²) in [6.45, 7) is 3.38. The quantitative estimate of drug-likeness (QED) is 0.916. The van der Waals surface area contributed by atoms with Gasteiger partial charge in [0.1, 0.15) is 11.9 Å². The predicted molar refractivity (Wildman–Crippen MR) is 90.9 cm³/mol. The van der Waals surface area contributed by atoms with Gasteiger partial charge in [-0.15, -0.1) is 0 Å². The first-order valence-electron chi connectivity index (χ1n) is 7.84.